The lowest BCUT2D eigenvalue weighted by Gasteiger charge is -2.22. The van der Waals surface area contributed by atoms with Crippen LogP contribution in [0.1, 0.15) is 13.8 Å². The Morgan fingerprint density at radius 3 is 2.82 bits per heavy atom. The van der Waals surface area contributed by atoms with Crippen molar-refractivity contribution in [3.05, 3.63) is 30.1 Å². The number of nitrogens with one attached hydrogen (secondary N) is 1. The molecule has 0 saturated heterocycles. The van der Waals surface area contributed by atoms with Crippen LogP contribution in [0.15, 0.2) is 24.3 Å². The van der Waals surface area contributed by atoms with Gasteiger partial charge in [-0.2, -0.15) is 0 Å². The second-order valence-corrected chi connectivity index (χ2v) is 3.83. The normalized spacial score (nSPS) is 12.0. The SMILES string of the molecule is CCN(CC(C)O)C(=O)Nc1cccc(F)c1. The molecule has 0 aromatic heterocycles. The lowest BCUT2D eigenvalue weighted by molar-refractivity contribution is 0.141. The first-order valence-electron chi connectivity index (χ1n) is 5.52. The number of aliphatic hydroxyl groups excluding tert-OH is 1. The topological polar surface area (TPSA) is 52.6 Å². The first kappa shape index (κ1) is 13.4. The quantitative estimate of drug-likeness (QED) is 0.846. The summed E-state index contributed by atoms with van der Waals surface area (Å²) < 4.78 is 12.9. The Morgan fingerprint density at radius 1 is 1.59 bits per heavy atom. The van der Waals surface area contributed by atoms with E-state index in [1.54, 1.807) is 13.0 Å². The van der Waals surface area contributed by atoms with Crippen molar-refractivity contribution in [3.63, 3.8) is 0 Å². The van der Waals surface area contributed by atoms with Crippen molar-refractivity contribution in [1.29, 1.82) is 0 Å². The number of hydrogen-bond donors (Lipinski definition) is 2. The predicted molar refractivity (Wildman–Crippen MR) is 64.3 cm³/mol. The summed E-state index contributed by atoms with van der Waals surface area (Å²) >= 11 is 0. The van der Waals surface area contributed by atoms with Gasteiger partial charge in [-0.15, -0.1) is 0 Å². The van der Waals surface area contributed by atoms with Gasteiger partial charge in [0.25, 0.3) is 0 Å². The van der Waals surface area contributed by atoms with Crippen molar-refractivity contribution in [1.82, 2.24) is 4.90 Å². The van der Waals surface area contributed by atoms with Crippen LogP contribution in [0.3, 0.4) is 0 Å². The molecule has 0 heterocycles. The second kappa shape index (κ2) is 6.20. The zero-order chi connectivity index (χ0) is 12.8. The summed E-state index contributed by atoms with van der Waals surface area (Å²) in [6.07, 6.45) is -0.590. The van der Waals surface area contributed by atoms with Crippen molar-refractivity contribution in [2.75, 3.05) is 18.4 Å². The molecule has 0 radical (unpaired) electrons. The maximum Gasteiger partial charge on any atom is 0.321 e. The summed E-state index contributed by atoms with van der Waals surface area (Å²) in [5.74, 6) is -0.402. The van der Waals surface area contributed by atoms with Gasteiger partial charge in [0.15, 0.2) is 0 Å². The van der Waals surface area contributed by atoms with Crippen LogP contribution in [0.2, 0.25) is 0 Å². The summed E-state index contributed by atoms with van der Waals surface area (Å²) in [6.45, 7) is 4.15. The molecule has 1 unspecified atom stereocenters. The number of carbonyl (C=O) groups excluding carboxylic acids is 1. The maximum atomic E-state index is 12.9. The fourth-order valence-electron chi connectivity index (χ4n) is 1.44. The minimum atomic E-state index is -0.590. The molecule has 1 aromatic carbocycles. The number of urea groups is 1. The number of anilines is 1. The van der Waals surface area contributed by atoms with Crippen LogP contribution < -0.4 is 5.32 Å². The fraction of sp³-hybridized carbons (Fsp3) is 0.417. The van der Waals surface area contributed by atoms with Gasteiger partial charge in [0.2, 0.25) is 0 Å². The maximum absolute atomic E-state index is 12.9. The summed E-state index contributed by atoms with van der Waals surface area (Å²) in [4.78, 5) is 13.2. The van der Waals surface area contributed by atoms with Crippen molar-refractivity contribution < 1.29 is 14.3 Å². The van der Waals surface area contributed by atoms with E-state index in [2.05, 4.69) is 5.32 Å². The highest BCUT2D eigenvalue weighted by molar-refractivity contribution is 5.89. The number of aliphatic hydroxyl groups is 1. The van der Waals surface area contributed by atoms with Gasteiger partial charge in [-0.05, 0) is 32.0 Å². The number of halogens is 1. The van der Waals surface area contributed by atoms with E-state index in [9.17, 15) is 14.3 Å². The van der Waals surface area contributed by atoms with Crippen LogP contribution in [0.4, 0.5) is 14.9 Å². The lowest BCUT2D eigenvalue weighted by Crippen LogP contribution is -2.39. The van der Waals surface area contributed by atoms with Gasteiger partial charge in [-0.3, -0.25) is 0 Å². The second-order valence-electron chi connectivity index (χ2n) is 3.83. The van der Waals surface area contributed by atoms with E-state index in [0.717, 1.165) is 0 Å². The molecule has 2 N–H and O–H groups in total. The molecule has 0 aliphatic rings. The predicted octanol–water partition coefficient (Wildman–Crippen LogP) is 2.06. The lowest BCUT2D eigenvalue weighted by atomic mass is 10.3. The fourth-order valence-corrected chi connectivity index (χ4v) is 1.44. The molecule has 0 aliphatic carbocycles. The van der Waals surface area contributed by atoms with E-state index in [-0.39, 0.29) is 12.6 Å². The molecule has 0 aliphatic heterocycles. The number of amides is 2. The minimum Gasteiger partial charge on any atom is -0.392 e. The zero-order valence-corrected chi connectivity index (χ0v) is 9.98. The molecule has 1 aromatic rings. The number of nitrogens with zero attached hydrogens (tertiary/aromatic N) is 1. The first-order chi connectivity index (χ1) is 8.02. The van der Waals surface area contributed by atoms with Crippen LogP contribution in [0, 0.1) is 5.82 Å². The molecule has 1 atom stereocenters. The van der Waals surface area contributed by atoms with Gasteiger partial charge in [-0.1, -0.05) is 6.07 Å². The van der Waals surface area contributed by atoms with Gasteiger partial charge in [0.1, 0.15) is 5.82 Å². The molecule has 0 bridgehead atoms. The van der Waals surface area contributed by atoms with Gasteiger partial charge < -0.3 is 15.3 Å². The van der Waals surface area contributed by atoms with Crippen LogP contribution in [-0.2, 0) is 0 Å². The smallest absolute Gasteiger partial charge is 0.321 e. The summed E-state index contributed by atoms with van der Waals surface area (Å²) in [6, 6.07) is 5.34. The Kier molecular flexibility index (Phi) is 4.90. The van der Waals surface area contributed by atoms with Crippen LogP contribution in [0.5, 0.6) is 0 Å². The summed E-state index contributed by atoms with van der Waals surface area (Å²) in [5, 5.41) is 11.8. The minimum absolute atomic E-state index is 0.248. The van der Waals surface area contributed by atoms with Crippen molar-refractivity contribution in [3.8, 4) is 0 Å². The molecule has 0 saturated carbocycles. The number of benzene rings is 1. The molecule has 0 fully saturated rings. The molecular weight excluding hydrogens is 223 g/mol. The third kappa shape index (κ3) is 4.40. The number of carbonyl (C=O) groups is 1. The molecule has 5 heteroatoms. The third-order valence-electron chi connectivity index (χ3n) is 2.23. The highest BCUT2D eigenvalue weighted by atomic mass is 19.1. The Hall–Kier alpha value is -1.62. The number of rotatable bonds is 4. The summed E-state index contributed by atoms with van der Waals surface area (Å²) in [7, 11) is 0. The Morgan fingerprint density at radius 2 is 2.29 bits per heavy atom. The van der Waals surface area contributed by atoms with E-state index < -0.39 is 11.9 Å². The third-order valence-corrected chi connectivity index (χ3v) is 2.23. The first-order valence-corrected chi connectivity index (χ1v) is 5.52. The van der Waals surface area contributed by atoms with E-state index in [0.29, 0.717) is 12.2 Å². The highest BCUT2D eigenvalue weighted by Gasteiger charge is 2.13. The molecule has 17 heavy (non-hydrogen) atoms. The highest BCUT2D eigenvalue weighted by Crippen LogP contribution is 2.10. The van der Waals surface area contributed by atoms with E-state index >= 15 is 0 Å². The largest absolute Gasteiger partial charge is 0.392 e. The van der Waals surface area contributed by atoms with Crippen molar-refractivity contribution in [2.24, 2.45) is 0 Å². The molecule has 0 spiro atoms. The number of likely N-dealkylation sites (N-methyl/N-ethyl adjacent to an activating group) is 1. The molecular formula is C12H17FN2O2. The molecule has 1 rings (SSSR count). The summed E-state index contributed by atoms with van der Waals surface area (Å²) in [5.41, 5.74) is 0.402. The van der Waals surface area contributed by atoms with Gasteiger partial charge >= 0.3 is 6.03 Å². The average molecular weight is 240 g/mol. The van der Waals surface area contributed by atoms with Crippen LogP contribution >= 0.6 is 0 Å². The van der Waals surface area contributed by atoms with Gasteiger partial charge in [0.05, 0.1) is 6.10 Å². The molecule has 94 valence electrons. The Labute approximate surface area is 100 Å². The van der Waals surface area contributed by atoms with Crippen LogP contribution in [-0.4, -0.2) is 35.2 Å². The monoisotopic (exact) mass is 240 g/mol. The van der Waals surface area contributed by atoms with Crippen molar-refractivity contribution in [2.45, 2.75) is 20.0 Å². The average Bonchev–Trinajstić information content (AvgIpc) is 2.25. The standard InChI is InChI=1S/C12H17FN2O2/c1-3-15(8-9(2)16)12(17)14-11-6-4-5-10(13)7-11/h4-7,9,16H,3,8H2,1-2H3,(H,14,17). The van der Waals surface area contributed by atoms with E-state index in [4.69, 9.17) is 0 Å². The van der Waals surface area contributed by atoms with Gasteiger partial charge in [-0.25, -0.2) is 9.18 Å². The number of hydrogen-bond acceptors (Lipinski definition) is 2. The Balaban J connectivity index is 2.64. The molecule has 4 nitrogen and oxygen atoms in total. The Bertz CT molecular complexity index is 383. The van der Waals surface area contributed by atoms with Crippen molar-refractivity contribution >= 4 is 11.7 Å². The van der Waals surface area contributed by atoms with Gasteiger partial charge in [0, 0.05) is 18.8 Å². The molecule has 2 amide bonds. The van der Waals surface area contributed by atoms with E-state index in [1.807, 2.05) is 6.92 Å². The van der Waals surface area contributed by atoms with E-state index in [1.165, 1.54) is 23.1 Å². The van der Waals surface area contributed by atoms with Crippen LogP contribution in [0.25, 0.3) is 0 Å². The zero-order valence-electron chi connectivity index (χ0n) is 9.98.